The van der Waals surface area contributed by atoms with Gasteiger partial charge in [-0.15, -0.1) is 0 Å². The van der Waals surface area contributed by atoms with Crippen LogP contribution in [-0.4, -0.2) is 44.0 Å². The molecule has 0 unspecified atom stereocenters. The number of hydrogen-bond acceptors (Lipinski definition) is 3. The first kappa shape index (κ1) is 19.9. The Kier molecular flexibility index (Phi) is 5.64. The Bertz CT molecular complexity index is 716. The average molecular weight is 367 g/mol. The summed E-state index contributed by atoms with van der Waals surface area (Å²) in [4.78, 5) is 12.1. The number of benzene rings is 1. The van der Waals surface area contributed by atoms with Crippen molar-refractivity contribution < 1.29 is 13.2 Å². The van der Waals surface area contributed by atoms with Gasteiger partial charge < -0.3 is 5.32 Å². The van der Waals surface area contributed by atoms with Crippen LogP contribution >= 0.6 is 0 Å². The summed E-state index contributed by atoms with van der Waals surface area (Å²) < 4.78 is 24.8. The highest BCUT2D eigenvalue weighted by Gasteiger charge is 2.30. The van der Waals surface area contributed by atoms with E-state index in [4.69, 9.17) is 0 Å². The number of carbonyl (C=O) groups excluding carboxylic acids is 1. The topological polar surface area (TPSA) is 66.5 Å². The number of nitrogens with zero attached hydrogens (tertiary/aromatic N) is 1. The molecule has 1 aromatic rings. The molecule has 0 saturated carbocycles. The zero-order valence-electron chi connectivity index (χ0n) is 15.9. The molecule has 5 nitrogen and oxygen atoms in total. The quantitative estimate of drug-likeness (QED) is 0.870. The van der Waals surface area contributed by atoms with Gasteiger partial charge in [0.2, 0.25) is 15.9 Å². The van der Waals surface area contributed by atoms with Gasteiger partial charge in [-0.1, -0.05) is 58.9 Å². The molecule has 0 bridgehead atoms. The van der Waals surface area contributed by atoms with Gasteiger partial charge in [0.1, 0.15) is 0 Å². The number of carbonyl (C=O) groups is 1. The lowest BCUT2D eigenvalue weighted by atomic mass is 9.81. The van der Waals surface area contributed by atoms with E-state index >= 15 is 0 Å². The van der Waals surface area contributed by atoms with E-state index in [0.29, 0.717) is 19.5 Å². The lowest BCUT2D eigenvalue weighted by Gasteiger charge is -2.27. The Morgan fingerprint density at radius 3 is 2.12 bits per heavy atom. The summed E-state index contributed by atoms with van der Waals surface area (Å²) in [5, 5.41) is 2.89. The SMILES string of the molecule is CC(C)(C)c1ccc(C(C)(C)CNC(=O)CN2CCCS2(=O)=O)cc1. The zero-order chi connectivity index (χ0) is 18.9. The van der Waals surface area contributed by atoms with Gasteiger partial charge >= 0.3 is 0 Å². The Morgan fingerprint density at radius 2 is 1.64 bits per heavy atom. The van der Waals surface area contributed by atoms with E-state index in [-0.39, 0.29) is 29.0 Å². The predicted molar refractivity (Wildman–Crippen MR) is 101 cm³/mol. The summed E-state index contributed by atoms with van der Waals surface area (Å²) in [6.07, 6.45) is 0.598. The minimum absolute atomic E-state index is 0.0820. The summed E-state index contributed by atoms with van der Waals surface area (Å²) in [7, 11) is -3.23. The second-order valence-electron chi connectivity index (χ2n) is 8.49. The molecule has 140 valence electrons. The van der Waals surface area contributed by atoms with Crippen LogP contribution in [0.4, 0.5) is 0 Å². The van der Waals surface area contributed by atoms with Gasteiger partial charge in [0.15, 0.2) is 0 Å². The van der Waals surface area contributed by atoms with Gasteiger partial charge in [0, 0.05) is 18.5 Å². The van der Waals surface area contributed by atoms with E-state index in [2.05, 4.69) is 64.2 Å². The third-order valence-corrected chi connectivity index (χ3v) is 6.69. The molecule has 6 heteroatoms. The third-order valence-electron chi connectivity index (χ3n) is 4.78. The van der Waals surface area contributed by atoms with Crippen molar-refractivity contribution in [1.29, 1.82) is 0 Å². The summed E-state index contributed by atoms with van der Waals surface area (Å²) in [6.45, 7) is 11.5. The zero-order valence-corrected chi connectivity index (χ0v) is 16.7. The fourth-order valence-corrected chi connectivity index (χ4v) is 4.40. The third kappa shape index (κ3) is 5.05. The molecule has 0 atom stereocenters. The molecular formula is C19H30N2O3S. The maximum Gasteiger partial charge on any atom is 0.235 e. The minimum Gasteiger partial charge on any atom is -0.354 e. The van der Waals surface area contributed by atoms with Gasteiger partial charge in [0.05, 0.1) is 12.3 Å². The number of hydrogen-bond donors (Lipinski definition) is 1. The Balaban J connectivity index is 1.95. The molecule has 0 radical (unpaired) electrons. The normalized spacial score (nSPS) is 18.3. The number of sulfonamides is 1. The largest absolute Gasteiger partial charge is 0.354 e. The molecule has 1 aliphatic rings. The Morgan fingerprint density at radius 1 is 1.08 bits per heavy atom. The summed E-state index contributed by atoms with van der Waals surface area (Å²) in [5.41, 5.74) is 2.30. The Labute approximate surface area is 151 Å². The summed E-state index contributed by atoms with van der Waals surface area (Å²) in [5.74, 6) is -0.101. The highest BCUT2D eigenvalue weighted by atomic mass is 32.2. The van der Waals surface area contributed by atoms with Crippen LogP contribution in [0.25, 0.3) is 0 Å². The van der Waals surface area contributed by atoms with Gasteiger partial charge in [-0.2, -0.15) is 4.31 Å². The standard InChI is InChI=1S/C19H30N2O3S/c1-18(2,3)15-7-9-16(10-8-15)19(4,5)14-20-17(22)13-21-11-6-12-25(21,23)24/h7-10H,6,11-14H2,1-5H3,(H,20,22). The van der Waals surface area contributed by atoms with Gasteiger partial charge in [-0.25, -0.2) is 8.42 Å². The molecule has 1 heterocycles. The molecule has 25 heavy (non-hydrogen) atoms. The summed E-state index contributed by atoms with van der Waals surface area (Å²) >= 11 is 0. The molecular weight excluding hydrogens is 336 g/mol. The molecule has 1 aliphatic heterocycles. The van der Waals surface area contributed by atoms with Gasteiger partial charge in [-0.05, 0) is 23.0 Å². The van der Waals surface area contributed by atoms with E-state index in [1.165, 1.54) is 9.87 Å². The average Bonchev–Trinajstić information content (AvgIpc) is 2.83. The van der Waals surface area contributed by atoms with E-state index in [1.807, 2.05) is 0 Å². The number of amides is 1. The molecule has 0 aliphatic carbocycles. The van der Waals surface area contributed by atoms with Gasteiger partial charge in [0.25, 0.3) is 0 Å². The predicted octanol–water partition coefficient (Wildman–Crippen LogP) is 2.41. The first-order valence-electron chi connectivity index (χ1n) is 8.77. The van der Waals surface area contributed by atoms with Crippen molar-refractivity contribution in [2.24, 2.45) is 0 Å². The van der Waals surface area contributed by atoms with E-state index in [9.17, 15) is 13.2 Å². The lowest BCUT2D eigenvalue weighted by molar-refractivity contribution is -0.121. The van der Waals surface area contributed by atoms with Crippen molar-refractivity contribution in [2.45, 2.75) is 51.9 Å². The maximum absolute atomic E-state index is 12.1. The molecule has 1 amide bonds. The van der Waals surface area contributed by atoms with Crippen molar-refractivity contribution >= 4 is 15.9 Å². The molecule has 0 spiro atoms. The first-order chi connectivity index (χ1) is 11.4. The molecule has 0 aromatic heterocycles. The molecule has 1 aromatic carbocycles. The van der Waals surface area contributed by atoms with Crippen LogP contribution in [0.15, 0.2) is 24.3 Å². The molecule has 1 saturated heterocycles. The fourth-order valence-electron chi connectivity index (χ4n) is 2.93. The van der Waals surface area contributed by atoms with Crippen LogP contribution in [-0.2, 0) is 25.6 Å². The van der Waals surface area contributed by atoms with Crippen molar-refractivity contribution in [1.82, 2.24) is 9.62 Å². The number of nitrogens with one attached hydrogen (secondary N) is 1. The second kappa shape index (κ2) is 7.08. The maximum atomic E-state index is 12.1. The van der Waals surface area contributed by atoms with E-state index < -0.39 is 10.0 Å². The van der Waals surface area contributed by atoms with Crippen LogP contribution in [0.2, 0.25) is 0 Å². The molecule has 2 rings (SSSR count). The van der Waals surface area contributed by atoms with Crippen molar-refractivity contribution in [3.8, 4) is 0 Å². The Hall–Kier alpha value is -1.40. The first-order valence-corrected chi connectivity index (χ1v) is 10.4. The number of rotatable bonds is 5. The van der Waals surface area contributed by atoms with Crippen LogP contribution < -0.4 is 5.32 Å². The van der Waals surface area contributed by atoms with Crippen LogP contribution in [0, 0.1) is 0 Å². The minimum atomic E-state index is -3.23. The van der Waals surface area contributed by atoms with Gasteiger partial charge in [-0.3, -0.25) is 4.79 Å². The highest BCUT2D eigenvalue weighted by Crippen LogP contribution is 2.27. The van der Waals surface area contributed by atoms with Crippen LogP contribution in [0.5, 0.6) is 0 Å². The van der Waals surface area contributed by atoms with Crippen LogP contribution in [0.3, 0.4) is 0 Å². The smallest absolute Gasteiger partial charge is 0.235 e. The van der Waals surface area contributed by atoms with E-state index in [1.54, 1.807) is 0 Å². The lowest BCUT2D eigenvalue weighted by Crippen LogP contribution is -2.42. The fraction of sp³-hybridized carbons (Fsp3) is 0.632. The monoisotopic (exact) mass is 366 g/mol. The van der Waals surface area contributed by atoms with Crippen molar-refractivity contribution in [3.63, 3.8) is 0 Å². The second-order valence-corrected chi connectivity index (χ2v) is 10.6. The van der Waals surface area contributed by atoms with Crippen molar-refractivity contribution in [2.75, 3.05) is 25.4 Å². The summed E-state index contributed by atoms with van der Waals surface area (Å²) in [6, 6.07) is 8.49. The molecule has 1 fully saturated rings. The molecule has 1 N–H and O–H groups in total. The van der Waals surface area contributed by atoms with Crippen LogP contribution in [0.1, 0.15) is 52.2 Å². The van der Waals surface area contributed by atoms with Crippen molar-refractivity contribution in [3.05, 3.63) is 35.4 Å². The van der Waals surface area contributed by atoms with E-state index in [0.717, 1.165) is 5.56 Å². The highest BCUT2D eigenvalue weighted by molar-refractivity contribution is 7.89.